The number of alkyl halides is 1. The molecule has 1 aliphatic heterocycles. The molecule has 0 radical (unpaired) electrons. The van der Waals surface area contributed by atoms with Gasteiger partial charge in [-0.25, -0.2) is 0 Å². The molecule has 0 bridgehead atoms. The smallest absolute Gasteiger partial charge is 0.0645 e. The van der Waals surface area contributed by atoms with Crippen molar-refractivity contribution in [3.63, 3.8) is 0 Å². The number of hydrogen-bond donors (Lipinski definition) is 0. The molecule has 0 N–H and O–H groups in total. The maximum Gasteiger partial charge on any atom is 0.0645 e. The molecule has 0 aromatic heterocycles. The first-order valence-electron chi connectivity index (χ1n) is 3.52. The molecule has 0 saturated carbocycles. The normalized spacial score (nSPS) is 25.7. The first kappa shape index (κ1) is 7.80. The van der Waals surface area contributed by atoms with Crippen LogP contribution in [0.15, 0.2) is 16.6 Å². The van der Waals surface area contributed by atoms with E-state index in [-0.39, 0.29) is 0 Å². The number of hydrogen-bond acceptors (Lipinski definition) is 1. The van der Waals surface area contributed by atoms with Crippen LogP contribution in [0.1, 0.15) is 13.8 Å². The van der Waals surface area contributed by atoms with Crippen molar-refractivity contribution in [2.45, 2.75) is 13.8 Å². The van der Waals surface area contributed by atoms with E-state index < -0.39 is 0 Å². The minimum atomic E-state index is 0.551. The van der Waals surface area contributed by atoms with Crippen LogP contribution in [0.3, 0.4) is 0 Å². The number of dihydropyridines is 1. The topological polar surface area (TPSA) is 12.4 Å². The van der Waals surface area contributed by atoms with Gasteiger partial charge in [0.1, 0.15) is 0 Å². The molecule has 2 heteroatoms. The molecule has 56 valence electrons. The first-order chi connectivity index (χ1) is 4.74. The third-order valence-electron chi connectivity index (χ3n) is 1.69. The second-order valence-corrected chi connectivity index (χ2v) is 3.02. The predicted molar refractivity (Wildman–Crippen MR) is 45.9 cm³/mol. The van der Waals surface area contributed by atoms with Gasteiger partial charge in [0.2, 0.25) is 0 Å². The molecule has 1 atom stereocenters. The van der Waals surface area contributed by atoms with Gasteiger partial charge in [0.15, 0.2) is 0 Å². The van der Waals surface area contributed by atoms with Gasteiger partial charge in [-0.15, -0.1) is 11.6 Å². The largest absolute Gasteiger partial charge is 0.288 e. The van der Waals surface area contributed by atoms with Crippen molar-refractivity contribution in [3.8, 4) is 0 Å². The standard InChI is InChI=1S/C8H12ClN/c1-6-3-7(2)8(4-9)10-5-6/h3,6H,4-5H2,1-2H3. The number of aliphatic imine (C=N–C) groups is 1. The molecule has 0 aromatic carbocycles. The Labute approximate surface area is 66.8 Å². The average molecular weight is 158 g/mol. The molecule has 1 unspecified atom stereocenters. The molecule has 0 fully saturated rings. The summed E-state index contributed by atoms with van der Waals surface area (Å²) in [6, 6.07) is 0. The van der Waals surface area contributed by atoms with Crippen LogP contribution in [0.5, 0.6) is 0 Å². The number of nitrogens with zero attached hydrogens (tertiary/aromatic N) is 1. The SMILES string of the molecule is CC1=CC(C)CN=C1CCl. The highest BCUT2D eigenvalue weighted by Gasteiger charge is 2.08. The Morgan fingerprint density at radius 3 is 3.00 bits per heavy atom. The summed E-state index contributed by atoms with van der Waals surface area (Å²) in [5.41, 5.74) is 2.30. The van der Waals surface area contributed by atoms with E-state index in [1.165, 1.54) is 5.57 Å². The molecule has 0 spiro atoms. The van der Waals surface area contributed by atoms with Gasteiger partial charge in [0.05, 0.1) is 11.6 Å². The van der Waals surface area contributed by atoms with Crippen molar-refractivity contribution in [2.24, 2.45) is 10.9 Å². The van der Waals surface area contributed by atoms with Crippen LogP contribution < -0.4 is 0 Å². The minimum Gasteiger partial charge on any atom is -0.288 e. The molecule has 10 heavy (non-hydrogen) atoms. The zero-order valence-corrected chi connectivity index (χ0v) is 7.15. The maximum absolute atomic E-state index is 5.65. The van der Waals surface area contributed by atoms with Gasteiger partial charge in [0.25, 0.3) is 0 Å². The minimum absolute atomic E-state index is 0.551. The third kappa shape index (κ3) is 1.60. The van der Waals surface area contributed by atoms with Crippen molar-refractivity contribution < 1.29 is 0 Å². The van der Waals surface area contributed by atoms with E-state index >= 15 is 0 Å². The number of rotatable bonds is 1. The summed E-state index contributed by atoms with van der Waals surface area (Å²) in [7, 11) is 0. The van der Waals surface area contributed by atoms with Gasteiger partial charge in [-0.3, -0.25) is 4.99 Å². The zero-order valence-electron chi connectivity index (χ0n) is 6.39. The highest BCUT2D eigenvalue weighted by molar-refractivity contribution is 6.31. The Kier molecular flexibility index (Phi) is 2.50. The number of allylic oxidation sites excluding steroid dienone is 1. The summed E-state index contributed by atoms with van der Waals surface area (Å²) < 4.78 is 0. The fourth-order valence-electron chi connectivity index (χ4n) is 1.10. The summed E-state index contributed by atoms with van der Waals surface area (Å²) in [6.45, 7) is 5.13. The second-order valence-electron chi connectivity index (χ2n) is 2.75. The Hall–Kier alpha value is -0.300. The van der Waals surface area contributed by atoms with Crippen molar-refractivity contribution in [1.82, 2.24) is 0 Å². The number of halogens is 1. The molecular weight excluding hydrogens is 146 g/mol. The molecule has 0 amide bonds. The Balaban J connectivity index is 2.71. The average Bonchev–Trinajstić information content (AvgIpc) is 1.88. The van der Waals surface area contributed by atoms with E-state index in [1.807, 2.05) is 0 Å². The zero-order chi connectivity index (χ0) is 7.56. The van der Waals surface area contributed by atoms with Crippen LogP contribution in [0.2, 0.25) is 0 Å². The lowest BCUT2D eigenvalue weighted by Gasteiger charge is -2.13. The van der Waals surface area contributed by atoms with Crippen LogP contribution in [0.4, 0.5) is 0 Å². The first-order valence-corrected chi connectivity index (χ1v) is 4.05. The van der Waals surface area contributed by atoms with Crippen LogP contribution in [0, 0.1) is 5.92 Å². The Morgan fingerprint density at radius 1 is 1.80 bits per heavy atom. The highest BCUT2D eigenvalue weighted by atomic mass is 35.5. The van der Waals surface area contributed by atoms with Gasteiger partial charge < -0.3 is 0 Å². The summed E-state index contributed by atoms with van der Waals surface area (Å²) in [4.78, 5) is 4.33. The quantitative estimate of drug-likeness (QED) is 0.518. The second kappa shape index (κ2) is 3.20. The van der Waals surface area contributed by atoms with Crippen molar-refractivity contribution in [1.29, 1.82) is 0 Å². The third-order valence-corrected chi connectivity index (χ3v) is 1.94. The lowest BCUT2D eigenvalue weighted by Crippen LogP contribution is -2.12. The van der Waals surface area contributed by atoms with E-state index in [0.717, 1.165) is 12.3 Å². The molecule has 0 aliphatic carbocycles. The van der Waals surface area contributed by atoms with Crippen LogP contribution in [0.25, 0.3) is 0 Å². The molecule has 1 heterocycles. The monoisotopic (exact) mass is 157 g/mol. The fourth-order valence-corrected chi connectivity index (χ4v) is 1.40. The maximum atomic E-state index is 5.65. The van der Waals surface area contributed by atoms with Gasteiger partial charge in [-0.1, -0.05) is 13.0 Å². The van der Waals surface area contributed by atoms with Crippen LogP contribution in [-0.4, -0.2) is 18.1 Å². The molecule has 0 aromatic rings. The Bertz CT molecular complexity index is 182. The van der Waals surface area contributed by atoms with E-state index in [9.17, 15) is 0 Å². The summed E-state index contributed by atoms with van der Waals surface area (Å²) in [5, 5.41) is 0. The molecular formula is C8H12ClN. The molecule has 1 aliphatic rings. The summed E-state index contributed by atoms with van der Waals surface area (Å²) in [6.07, 6.45) is 2.23. The summed E-state index contributed by atoms with van der Waals surface area (Å²) in [5.74, 6) is 1.14. The van der Waals surface area contributed by atoms with Crippen LogP contribution >= 0.6 is 11.6 Å². The van der Waals surface area contributed by atoms with E-state index in [1.54, 1.807) is 0 Å². The van der Waals surface area contributed by atoms with Crippen LogP contribution in [-0.2, 0) is 0 Å². The van der Waals surface area contributed by atoms with Gasteiger partial charge >= 0.3 is 0 Å². The van der Waals surface area contributed by atoms with Crippen molar-refractivity contribution >= 4 is 17.3 Å². The van der Waals surface area contributed by atoms with Crippen molar-refractivity contribution in [3.05, 3.63) is 11.6 Å². The highest BCUT2D eigenvalue weighted by Crippen LogP contribution is 2.12. The Morgan fingerprint density at radius 2 is 2.50 bits per heavy atom. The lowest BCUT2D eigenvalue weighted by atomic mass is 10.0. The predicted octanol–water partition coefficient (Wildman–Crippen LogP) is 2.26. The summed E-state index contributed by atoms with van der Waals surface area (Å²) >= 11 is 5.65. The molecule has 1 nitrogen and oxygen atoms in total. The van der Waals surface area contributed by atoms with Gasteiger partial charge in [0, 0.05) is 6.54 Å². The fraction of sp³-hybridized carbons (Fsp3) is 0.625. The van der Waals surface area contributed by atoms with Crippen molar-refractivity contribution in [2.75, 3.05) is 12.4 Å². The molecule has 1 rings (SSSR count). The van der Waals surface area contributed by atoms with E-state index in [0.29, 0.717) is 11.8 Å². The van der Waals surface area contributed by atoms with Gasteiger partial charge in [-0.05, 0) is 18.4 Å². The van der Waals surface area contributed by atoms with E-state index in [2.05, 4.69) is 24.9 Å². The lowest BCUT2D eigenvalue weighted by molar-refractivity contribution is 0.727. The molecule has 0 saturated heterocycles. The van der Waals surface area contributed by atoms with E-state index in [4.69, 9.17) is 11.6 Å². The van der Waals surface area contributed by atoms with Gasteiger partial charge in [-0.2, -0.15) is 0 Å².